The van der Waals surface area contributed by atoms with Gasteiger partial charge in [0.2, 0.25) is 0 Å². The maximum atomic E-state index is 11.0. The summed E-state index contributed by atoms with van der Waals surface area (Å²) in [7, 11) is 0. The van der Waals surface area contributed by atoms with Gasteiger partial charge in [-0.05, 0) is 63.0 Å². The van der Waals surface area contributed by atoms with Gasteiger partial charge in [-0.25, -0.2) is 9.59 Å². The summed E-state index contributed by atoms with van der Waals surface area (Å²) in [6, 6.07) is 6.86. The number of hydrogen-bond donors (Lipinski definition) is 1. The molecule has 0 fully saturated rings. The van der Waals surface area contributed by atoms with Crippen molar-refractivity contribution in [3.05, 3.63) is 41.6 Å². The third-order valence-corrected chi connectivity index (χ3v) is 5.05. The molecular weight excluding hydrogens is 432 g/mol. The fourth-order valence-electron chi connectivity index (χ4n) is 1.06. The molecule has 20 heavy (non-hydrogen) atoms. The van der Waals surface area contributed by atoms with Crippen LogP contribution in [0.25, 0.3) is 0 Å². The average molecular weight is 442 g/mol. The fourth-order valence-corrected chi connectivity index (χ4v) is 3.56. The zero-order valence-electron chi connectivity index (χ0n) is 10.3. The lowest BCUT2D eigenvalue weighted by Crippen LogP contribution is -2.01. The highest BCUT2D eigenvalue weighted by Crippen LogP contribution is 2.22. The fraction of sp³-hybridized carbons (Fsp3) is 0.167. The molecule has 0 aliphatic rings. The SMILES string of the molecule is CCOC(=O)c1ccc(Br)s1.O=C(O)c1ccc(Br)s1. The highest BCUT2D eigenvalue weighted by Gasteiger charge is 2.07. The van der Waals surface area contributed by atoms with Gasteiger partial charge in [0, 0.05) is 0 Å². The predicted molar refractivity (Wildman–Crippen MR) is 87.0 cm³/mol. The van der Waals surface area contributed by atoms with E-state index in [0.717, 1.165) is 7.57 Å². The number of carboxylic acid groups (broad SMARTS) is 1. The van der Waals surface area contributed by atoms with E-state index in [-0.39, 0.29) is 5.97 Å². The van der Waals surface area contributed by atoms with E-state index >= 15 is 0 Å². The Kier molecular flexibility index (Phi) is 7.42. The van der Waals surface area contributed by atoms with Crippen molar-refractivity contribution in [3.63, 3.8) is 0 Å². The van der Waals surface area contributed by atoms with Crippen molar-refractivity contribution < 1.29 is 19.4 Å². The van der Waals surface area contributed by atoms with Crippen molar-refractivity contribution in [1.29, 1.82) is 0 Å². The molecule has 0 saturated carbocycles. The van der Waals surface area contributed by atoms with Crippen LogP contribution in [-0.4, -0.2) is 23.7 Å². The summed E-state index contributed by atoms with van der Waals surface area (Å²) in [5, 5.41) is 8.39. The largest absolute Gasteiger partial charge is 0.477 e. The molecule has 0 aliphatic heterocycles. The first-order valence-corrected chi connectivity index (χ1v) is 8.57. The van der Waals surface area contributed by atoms with Gasteiger partial charge in [0.15, 0.2) is 0 Å². The molecule has 0 amide bonds. The number of carboxylic acids is 1. The number of thiophene rings is 2. The van der Waals surface area contributed by atoms with Crippen molar-refractivity contribution in [2.75, 3.05) is 6.61 Å². The molecule has 0 saturated heterocycles. The molecule has 0 aliphatic carbocycles. The van der Waals surface area contributed by atoms with Crippen LogP contribution >= 0.6 is 54.5 Å². The lowest BCUT2D eigenvalue weighted by atomic mass is 10.5. The number of rotatable bonds is 3. The van der Waals surface area contributed by atoms with Gasteiger partial charge in [-0.15, -0.1) is 22.7 Å². The van der Waals surface area contributed by atoms with E-state index < -0.39 is 5.97 Å². The highest BCUT2D eigenvalue weighted by molar-refractivity contribution is 9.11. The van der Waals surface area contributed by atoms with Crippen molar-refractivity contribution in [3.8, 4) is 0 Å². The highest BCUT2D eigenvalue weighted by atomic mass is 79.9. The van der Waals surface area contributed by atoms with Gasteiger partial charge in [-0.3, -0.25) is 0 Å². The second kappa shape index (κ2) is 8.56. The normalized spacial score (nSPS) is 9.55. The molecule has 2 aromatic heterocycles. The van der Waals surface area contributed by atoms with Gasteiger partial charge in [0.25, 0.3) is 0 Å². The summed E-state index contributed by atoms with van der Waals surface area (Å²) < 4.78 is 6.58. The van der Waals surface area contributed by atoms with Gasteiger partial charge in [-0.2, -0.15) is 0 Å². The quantitative estimate of drug-likeness (QED) is 0.688. The summed E-state index contributed by atoms with van der Waals surface area (Å²) in [4.78, 5) is 22.2. The number of esters is 1. The molecule has 1 N–H and O–H groups in total. The summed E-state index contributed by atoms with van der Waals surface area (Å²) in [5.41, 5.74) is 0. The van der Waals surface area contributed by atoms with Crippen LogP contribution in [0.1, 0.15) is 26.3 Å². The lowest BCUT2D eigenvalue weighted by Gasteiger charge is -1.95. The Morgan fingerprint density at radius 3 is 1.90 bits per heavy atom. The maximum Gasteiger partial charge on any atom is 0.348 e. The molecule has 0 spiro atoms. The summed E-state index contributed by atoms with van der Waals surface area (Å²) in [6.07, 6.45) is 0. The number of ether oxygens (including phenoxy) is 1. The van der Waals surface area contributed by atoms with Crippen LogP contribution in [0.2, 0.25) is 0 Å². The summed E-state index contributed by atoms with van der Waals surface area (Å²) in [5.74, 6) is -1.12. The Hall–Kier alpha value is -0.700. The van der Waals surface area contributed by atoms with E-state index in [1.165, 1.54) is 22.7 Å². The van der Waals surface area contributed by atoms with Gasteiger partial charge < -0.3 is 9.84 Å². The number of carbonyl (C=O) groups is 2. The number of hydrogen-bond acceptors (Lipinski definition) is 5. The Labute approximate surface area is 140 Å². The molecule has 8 heteroatoms. The van der Waals surface area contributed by atoms with E-state index in [4.69, 9.17) is 9.84 Å². The zero-order chi connectivity index (χ0) is 15.1. The average Bonchev–Trinajstić information content (AvgIpc) is 2.99. The van der Waals surface area contributed by atoms with Crippen LogP contribution in [0.15, 0.2) is 31.8 Å². The minimum Gasteiger partial charge on any atom is -0.477 e. The Morgan fingerprint density at radius 2 is 1.60 bits per heavy atom. The molecule has 2 aromatic rings. The summed E-state index contributed by atoms with van der Waals surface area (Å²) >= 11 is 9.01. The molecule has 0 atom stereocenters. The van der Waals surface area contributed by atoms with Crippen LogP contribution in [0.5, 0.6) is 0 Å². The molecular formula is C12H10Br2O4S2. The Bertz CT molecular complexity index is 592. The molecule has 0 bridgehead atoms. The Balaban J connectivity index is 0.000000204. The number of halogens is 2. The molecule has 0 unspecified atom stereocenters. The third kappa shape index (κ3) is 5.74. The Morgan fingerprint density at radius 1 is 1.10 bits per heavy atom. The third-order valence-electron chi connectivity index (χ3n) is 1.83. The lowest BCUT2D eigenvalue weighted by molar-refractivity contribution is 0.0531. The van der Waals surface area contributed by atoms with E-state index in [0.29, 0.717) is 16.4 Å². The predicted octanol–water partition coefficient (Wildman–Crippen LogP) is 4.90. The van der Waals surface area contributed by atoms with E-state index in [1.807, 2.05) is 6.07 Å². The second-order valence-corrected chi connectivity index (χ2v) is 8.16. The molecule has 2 heterocycles. The summed E-state index contributed by atoms with van der Waals surface area (Å²) in [6.45, 7) is 2.22. The first kappa shape index (κ1) is 17.4. The first-order chi connectivity index (χ1) is 9.43. The van der Waals surface area contributed by atoms with Gasteiger partial charge >= 0.3 is 11.9 Å². The number of carbonyl (C=O) groups excluding carboxylic acids is 1. The van der Waals surface area contributed by atoms with Crippen LogP contribution < -0.4 is 0 Å². The molecule has 0 aromatic carbocycles. The van der Waals surface area contributed by atoms with Gasteiger partial charge in [-0.1, -0.05) is 0 Å². The molecule has 2 rings (SSSR count). The molecule has 108 valence electrons. The second-order valence-electron chi connectivity index (χ2n) is 3.23. The standard InChI is InChI=1S/C7H7BrO2S.C5H3BrO2S/c1-2-10-7(9)5-3-4-6(8)11-5;6-4-2-1-3(9-4)5(7)8/h3-4H,2H2,1H3;1-2H,(H,7,8). The van der Waals surface area contributed by atoms with E-state index in [1.54, 1.807) is 25.1 Å². The van der Waals surface area contributed by atoms with Crippen molar-refractivity contribution in [2.45, 2.75) is 6.92 Å². The smallest absolute Gasteiger partial charge is 0.348 e. The zero-order valence-corrected chi connectivity index (χ0v) is 15.1. The molecule has 4 nitrogen and oxygen atoms in total. The molecule has 0 radical (unpaired) electrons. The van der Waals surface area contributed by atoms with Crippen molar-refractivity contribution in [2.24, 2.45) is 0 Å². The van der Waals surface area contributed by atoms with Crippen LogP contribution in [0.4, 0.5) is 0 Å². The van der Waals surface area contributed by atoms with Crippen LogP contribution in [0, 0.1) is 0 Å². The van der Waals surface area contributed by atoms with Crippen LogP contribution in [0.3, 0.4) is 0 Å². The van der Waals surface area contributed by atoms with E-state index in [2.05, 4.69) is 31.9 Å². The topological polar surface area (TPSA) is 63.6 Å². The van der Waals surface area contributed by atoms with Crippen molar-refractivity contribution >= 4 is 66.5 Å². The number of aromatic carboxylic acids is 1. The van der Waals surface area contributed by atoms with E-state index in [9.17, 15) is 9.59 Å². The van der Waals surface area contributed by atoms with Gasteiger partial charge in [0.1, 0.15) is 9.75 Å². The van der Waals surface area contributed by atoms with Gasteiger partial charge in [0.05, 0.1) is 14.2 Å². The van der Waals surface area contributed by atoms with Crippen molar-refractivity contribution in [1.82, 2.24) is 0 Å². The minimum absolute atomic E-state index is 0.247. The minimum atomic E-state index is -0.870. The monoisotopic (exact) mass is 440 g/mol. The maximum absolute atomic E-state index is 11.0. The van der Waals surface area contributed by atoms with Crippen LogP contribution in [-0.2, 0) is 4.74 Å². The first-order valence-electron chi connectivity index (χ1n) is 5.35.